The number of hydrogen-bond donors (Lipinski definition) is 1. The van der Waals surface area contributed by atoms with Crippen LogP contribution in [-0.2, 0) is 0 Å². The van der Waals surface area contributed by atoms with E-state index in [-0.39, 0.29) is 5.56 Å². The Morgan fingerprint density at radius 2 is 2.15 bits per heavy atom. The lowest BCUT2D eigenvalue weighted by atomic mass is 10.1. The molecule has 0 saturated heterocycles. The first-order valence-electron chi connectivity index (χ1n) is 3.36. The monoisotopic (exact) mass is 180 g/mol. The van der Waals surface area contributed by atoms with Crippen LogP contribution in [0.2, 0.25) is 0 Å². The molecule has 0 aliphatic heterocycles. The van der Waals surface area contributed by atoms with Gasteiger partial charge in [0.25, 0.3) is 5.69 Å². The highest BCUT2D eigenvalue weighted by molar-refractivity contribution is 5.92. The van der Waals surface area contributed by atoms with Gasteiger partial charge in [-0.3, -0.25) is 10.1 Å². The first kappa shape index (κ1) is 9.18. The second-order valence-electron chi connectivity index (χ2n) is 2.41. The number of carbonyl (C=O) groups is 1. The highest BCUT2D eigenvalue weighted by atomic mass is 16.6. The van der Waals surface area contributed by atoms with Crippen LogP contribution in [0, 0.1) is 17.0 Å². The Hall–Kier alpha value is -1.91. The Bertz CT molecular complexity index is 372. The van der Waals surface area contributed by atoms with Crippen LogP contribution in [0.3, 0.4) is 0 Å². The van der Waals surface area contributed by atoms with E-state index in [1.165, 1.54) is 12.1 Å². The van der Waals surface area contributed by atoms with Crippen molar-refractivity contribution in [1.82, 2.24) is 0 Å². The number of aromatic carboxylic acids is 1. The molecule has 0 aromatic heterocycles. The lowest BCUT2D eigenvalue weighted by Crippen LogP contribution is -2.02. The predicted molar refractivity (Wildman–Crippen MR) is 44.5 cm³/mol. The summed E-state index contributed by atoms with van der Waals surface area (Å²) in [6, 6.07) is 3.69. The van der Waals surface area contributed by atoms with E-state index in [0.29, 0.717) is 5.56 Å². The fourth-order valence-electron chi connectivity index (χ4n) is 0.914. The van der Waals surface area contributed by atoms with E-state index in [4.69, 9.17) is 5.11 Å². The number of carboxylic acid groups (broad SMARTS) is 1. The highest BCUT2D eigenvalue weighted by Crippen LogP contribution is 2.19. The van der Waals surface area contributed by atoms with Crippen LogP contribution in [0.15, 0.2) is 18.2 Å². The summed E-state index contributed by atoms with van der Waals surface area (Å²) < 4.78 is 0. The molecule has 0 spiro atoms. The van der Waals surface area contributed by atoms with Gasteiger partial charge in [0, 0.05) is 6.07 Å². The smallest absolute Gasteiger partial charge is 0.342 e. The lowest BCUT2D eigenvalue weighted by Gasteiger charge is -1.98. The molecule has 0 unspecified atom stereocenters. The van der Waals surface area contributed by atoms with Gasteiger partial charge in [-0.05, 0) is 18.6 Å². The van der Waals surface area contributed by atoms with E-state index in [9.17, 15) is 14.9 Å². The second kappa shape index (κ2) is 3.22. The van der Waals surface area contributed by atoms with Crippen molar-refractivity contribution in [3.05, 3.63) is 46.4 Å². The molecule has 5 heteroatoms. The van der Waals surface area contributed by atoms with Gasteiger partial charge in [-0.1, -0.05) is 6.07 Å². The Balaban J connectivity index is 3.35. The van der Waals surface area contributed by atoms with Gasteiger partial charge >= 0.3 is 5.97 Å². The van der Waals surface area contributed by atoms with Crippen LogP contribution >= 0.6 is 0 Å². The molecule has 0 aliphatic rings. The van der Waals surface area contributed by atoms with Gasteiger partial charge in [-0.15, -0.1) is 0 Å². The van der Waals surface area contributed by atoms with Crippen LogP contribution < -0.4 is 0 Å². The van der Waals surface area contributed by atoms with Gasteiger partial charge in [0.05, 0.1) is 4.92 Å². The third-order valence-electron chi connectivity index (χ3n) is 1.49. The summed E-state index contributed by atoms with van der Waals surface area (Å²) in [7, 11) is 0. The predicted octanol–water partition coefficient (Wildman–Crippen LogP) is 1.48. The van der Waals surface area contributed by atoms with Crippen molar-refractivity contribution in [2.24, 2.45) is 0 Å². The summed E-state index contributed by atoms with van der Waals surface area (Å²) in [5.41, 5.74) is -0.319. The molecule has 0 bridgehead atoms. The number of nitrogens with zero attached hydrogens (tertiary/aromatic N) is 1. The SMILES string of the molecule is [CH2]c1ccc([N+](=O)[O-])c(C(=O)O)c1. The minimum Gasteiger partial charge on any atom is -0.477 e. The minimum absolute atomic E-state index is 0.336. The normalized spacial score (nSPS) is 9.62. The van der Waals surface area contributed by atoms with Gasteiger partial charge in [-0.25, -0.2) is 4.79 Å². The molecule has 0 atom stereocenters. The average molecular weight is 180 g/mol. The summed E-state index contributed by atoms with van der Waals surface area (Å²) >= 11 is 0. The molecule has 1 rings (SSSR count). The molecule has 5 nitrogen and oxygen atoms in total. The summed E-state index contributed by atoms with van der Waals surface area (Å²) in [6.07, 6.45) is 0. The van der Waals surface area contributed by atoms with Gasteiger partial charge in [0.1, 0.15) is 5.56 Å². The zero-order valence-corrected chi connectivity index (χ0v) is 6.56. The van der Waals surface area contributed by atoms with Gasteiger partial charge in [0.2, 0.25) is 0 Å². The summed E-state index contributed by atoms with van der Waals surface area (Å²) in [5, 5.41) is 19.0. The van der Waals surface area contributed by atoms with Crippen LogP contribution in [0.5, 0.6) is 0 Å². The molecular weight excluding hydrogens is 174 g/mol. The van der Waals surface area contributed by atoms with Crippen molar-refractivity contribution in [3.8, 4) is 0 Å². The van der Waals surface area contributed by atoms with Crippen molar-refractivity contribution in [1.29, 1.82) is 0 Å². The molecule has 13 heavy (non-hydrogen) atoms. The van der Waals surface area contributed by atoms with E-state index in [1.807, 2.05) is 0 Å². The maximum Gasteiger partial charge on any atom is 0.342 e. The topological polar surface area (TPSA) is 80.4 Å². The number of rotatable bonds is 2. The van der Waals surface area contributed by atoms with Crippen molar-refractivity contribution >= 4 is 11.7 Å². The molecule has 1 N–H and O–H groups in total. The molecular formula is C8H6NO4. The summed E-state index contributed by atoms with van der Waals surface area (Å²) in [6.45, 7) is 3.48. The molecule has 1 radical (unpaired) electrons. The molecule has 0 heterocycles. The first-order valence-corrected chi connectivity index (χ1v) is 3.36. The quantitative estimate of drug-likeness (QED) is 0.552. The largest absolute Gasteiger partial charge is 0.477 e. The van der Waals surface area contributed by atoms with Gasteiger partial charge in [0.15, 0.2) is 0 Å². The molecule has 0 fully saturated rings. The van der Waals surface area contributed by atoms with Crippen molar-refractivity contribution in [3.63, 3.8) is 0 Å². The molecule has 0 aliphatic carbocycles. The van der Waals surface area contributed by atoms with E-state index in [2.05, 4.69) is 6.92 Å². The number of nitro benzene ring substituents is 1. The van der Waals surface area contributed by atoms with Crippen LogP contribution in [0.25, 0.3) is 0 Å². The third kappa shape index (κ3) is 1.81. The van der Waals surface area contributed by atoms with Crippen LogP contribution in [0.4, 0.5) is 5.69 Å². The fourth-order valence-corrected chi connectivity index (χ4v) is 0.914. The minimum atomic E-state index is -1.32. The maximum absolute atomic E-state index is 10.5. The zero-order chi connectivity index (χ0) is 10.0. The number of carboxylic acids is 1. The molecule has 1 aromatic rings. The molecule has 67 valence electrons. The molecule has 0 amide bonds. The van der Waals surface area contributed by atoms with Gasteiger partial charge < -0.3 is 5.11 Å². The Morgan fingerprint density at radius 1 is 1.54 bits per heavy atom. The number of hydrogen-bond acceptors (Lipinski definition) is 3. The van der Waals surface area contributed by atoms with Crippen molar-refractivity contribution in [2.45, 2.75) is 0 Å². The number of nitro groups is 1. The standard InChI is InChI=1S/C8H6NO4/c1-5-2-3-7(9(12)13)6(4-5)8(10)11/h2-4H,1H2,(H,10,11). The number of benzene rings is 1. The Labute approximate surface area is 73.8 Å². The molecule has 1 aromatic carbocycles. The Morgan fingerprint density at radius 3 is 2.62 bits per heavy atom. The summed E-state index contributed by atoms with van der Waals surface area (Å²) in [4.78, 5) is 20.2. The van der Waals surface area contributed by atoms with Crippen LogP contribution in [-0.4, -0.2) is 16.0 Å². The fraction of sp³-hybridized carbons (Fsp3) is 0. The highest BCUT2D eigenvalue weighted by Gasteiger charge is 2.18. The second-order valence-corrected chi connectivity index (χ2v) is 2.41. The maximum atomic E-state index is 10.5. The first-order chi connectivity index (χ1) is 6.02. The van der Waals surface area contributed by atoms with Crippen molar-refractivity contribution < 1.29 is 14.8 Å². The van der Waals surface area contributed by atoms with Gasteiger partial charge in [-0.2, -0.15) is 0 Å². The van der Waals surface area contributed by atoms with E-state index < -0.39 is 16.6 Å². The Kier molecular flexibility index (Phi) is 2.27. The zero-order valence-electron chi connectivity index (χ0n) is 6.56. The van der Waals surface area contributed by atoms with Crippen LogP contribution in [0.1, 0.15) is 15.9 Å². The van der Waals surface area contributed by atoms with E-state index in [1.54, 1.807) is 0 Å². The summed E-state index contributed by atoms with van der Waals surface area (Å²) in [5.74, 6) is -1.32. The third-order valence-corrected chi connectivity index (χ3v) is 1.49. The molecule has 0 saturated carbocycles. The average Bonchev–Trinajstić information content (AvgIpc) is 2.03. The van der Waals surface area contributed by atoms with E-state index in [0.717, 1.165) is 6.07 Å². The van der Waals surface area contributed by atoms with Crippen molar-refractivity contribution in [2.75, 3.05) is 0 Å². The lowest BCUT2D eigenvalue weighted by molar-refractivity contribution is -0.385. The van der Waals surface area contributed by atoms with E-state index >= 15 is 0 Å².